The van der Waals surface area contributed by atoms with Crippen LogP contribution in [0.15, 0.2) is 42.6 Å². The number of carbonyl (C=O) groups is 2. The van der Waals surface area contributed by atoms with Crippen LogP contribution < -0.4 is 5.32 Å². The van der Waals surface area contributed by atoms with E-state index in [1.165, 1.54) is 18.3 Å². The van der Waals surface area contributed by atoms with Crippen molar-refractivity contribution >= 4 is 17.6 Å². The molecular formula is C15H10N2O3. The number of hydrogen-bond donors (Lipinski definition) is 2. The van der Waals surface area contributed by atoms with Gasteiger partial charge in [0.2, 0.25) is 0 Å². The van der Waals surface area contributed by atoms with E-state index < -0.39 is 11.9 Å². The molecule has 1 amide bonds. The number of carboxylic acids is 1. The second-order valence-corrected chi connectivity index (χ2v) is 3.91. The number of rotatable bonds is 3. The summed E-state index contributed by atoms with van der Waals surface area (Å²) in [5.41, 5.74) is 1.21. The number of carboxylic acid groups (broad SMARTS) is 1. The number of amides is 1. The van der Waals surface area contributed by atoms with Crippen LogP contribution in [0, 0.1) is 12.3 Å². The van der Waals surface area contributed by atoms with Gasteiger partial charge in [0.1, 0.15) is 5.69 Å². The molecule has 0 radical (unpaired) electrons. The van der Waals surface area contributed by atoms with Crippen molar-refractivity contribution in [2.75, 3.05) is 5.32 Å². The number of hydrogen-bond acceptors (Lipinski definition) is 3. The Morgan fingerprint density at radius 3 is 2.75 bits per heavy atom. The lowest BCUT2D eigenvalue weighted by atomic mass is 10.2. The van der Waals surface area contributed by atoms with Gasteiger partial charge in [0, 0.05) is 23.0 Å². The summed E-state index contributed by atoms with van der Waals surface area (Å²) in [6.07, 6.45) is 6.55. The van der Waals surface area contributed by atoms with Gasteiger partial charge in [0.25, 0.3) is 5.91 Å². The molecule has 1 aromatic heterocycles. The average Bonchev–Trinajstić information content (AvgIpc) is 2.47. The van der Waals surface area contributed by atoms with Crippen LogP contribution in [-0.2, 0) is 0 Å². The molecule has 0 bridgehead atoms. The first-order chi connectivity index (χ1) is 9.60. The Morgan fingerprint density at radius 1 is 1.25 bits per heavy atom. The number of aromatic carboxylic acids is 1. The van der Waals surface area contributed by atoms with E-state index in [9.17, 15) is 9.59 Å². The third-order valence-corrected chi connectivity index (χ3v) is 2.53. The predicted octanol–water partition coefficient (Wildman–Crippen LogP) is 2.01. The molecule has 1 aromatic carbocycles. The van der Waals surface area contributed by atoms with Gasteiger partial charge in [-0.25, -0.2) is 9.78 Å². The molecule has 98 valence electrons. The van der Waals surface area contributed by atoms with E-state index in [4.69, 9.17) is 11.5 Å². The Labute approximate surface area is 115 Å². The Morgan fingerprint density at radius 2 is 2.05 bits per heavy atom. The second kappa shape index (κ2) is 5.67. The molecule has 0 spiro atoms. The molecule has 1 heterocycles. The maximum Gasteiger partial charge on any atom is 0.354 e. The fraction of sp³-hybridized carbons (Fsp3) is 0. The molecule has 0 unspecified atom stereocenters. The van der Waals surface area contributed by atoms with E-state index in [0.717, 1.165) is 0 Å². The standard InChI is InChI=1S/C15H10N2O3/c1-2-10-4-3-5-12(8-10)17-14(18)11-6-7-16-13(9-11)15(19)20/h1,3-9H,(H,17,18)(H,19,20). The van der Waals surface area contributed by atoms with Crippen molar-refractivity contribution in [3.05, 3.63) is 59.4 Å². The van der Waals surface area contributed by atoms with E-state index in [0.29, 0.717) is 11.3 Å². The zero-order valence-electron chi connectivity index (χ0n) is 10.3. The summed E-state index contributed by atoms with van der Waals surface area (Å²) < 4.78 is 0. The van der Waals surface area contributed by atoms with Gasteiger partial charge in [0.15, 0.2) is 0 Å². The first-order valence-electron chi connectivity index (χ1n) is 5.67. The maximum atomic E-state index is 12.0. The van der Waals surface area contributed by atoms with Crippen LogP contribution in [0.2, 0.25) is 0 Å². The Balaban J connectivity index is 2.22. The van der Waals surface area contributed by atoms with Gasteiger partial charge in [-0.05, 0) is 30.3 Å². The van der Waals surface area contributed by atoms with Crippen molar-refractivity contribution in [3.63, 3.8) is 0 Å². The minimum Gasteiger partial charge on any atom is -0.477 e. The molecule has 2 rings (SSSR count). The van der Waals surface area contributed by atoms with Crippen LogP contribution in [0.1, 0.15) is 26.4 Å². The lowest BCUT2D eigenvalue weighted by Gasteiger charge is -2.06. The highest BCUT2D eigenvalue weighted by molar-refractivity contribution is 6.05. The number of pyridine rings is 1. The Kier molecular flexibility index (Phi) is 3.77. The van der Waals surface area contributed by atoms with Gasteiger partial charge < -0.3 is 10.4 Å². The molecule has 5 heteroatoms. The molecular weight excluding hydrogens is 256 g/mol. The number of benzene rings is 1. The number of anilines is 1. The normalized spacial score (nSPS) is 9.55. The molecule has 0 atom stereocenters. The molecule has 0 aliphatic heterocycles. The highest BCUT2D eigenvalue weighted by Gasteiger charge is 2.10. The third-order valence-electron chi connectivity index (χ3n) is 2.53. The van der Waals surface area contributed by atoms with E-state index in [2.05, 4.69) is 16.2 Å². The summed E-state index contributed by atoms with van der Waals surface area (Å²) >= 11 is 0. The third kappa shape index (κ3) is 3.00. The Hall–Kier alpha value is -3.13. The largest absolute Gasteiger partial charge is 0.477 e. The Bertz CT molecular complexity index is 717. The van der Waals surface area contributed by atoms with Gasteiger partial charge in [-0.15, -0.1) is 6.42 Å². The summed E-state index contributed by atoms with van der Waals surface area (Å²) in [4.78, 5) is 26.5. The van der Waals surface area contributed by atoms with Crippen molar-refractivity contribution in [3.8, 4) is 12.3 Å². The maximum absolute atomic E-state index is 12.0. The topological polar surface area (TPSA) is 79.3 Å². The van der Waals surface area contributed by atoms with E-state index in [-0.39, 0.29) is 11.3 Å². The van der Waals surface area contributed by atoms with Crippen molar-refractivity contribution < 1.29 is 14.7 Å². The van der Waals surface area contributed by atoms with Gasteiger partial charge in [-0.3, -0.25) is 4.79 Å². The SMILES string of the molecule is C#Cc1cccc(NC(=O)c2ccnc(C(=O)O)c2)c1. The molecule has 0 saturated heterocycles. The van der Waals surface area contributed by atoms with Crippen LogP contribution >= 0.6 is 0 Å². The number of aromatic nitrogens is 1. The van der Waals surface area contributed by atoms with E-state index in [1.807, 2.05) is 0 Å². The molecule has 2 aromatic rings. The second-order valence-electron chi connectivity index (χ2n) is 3.91. The molecule has 20 heavy (non-hydrogen) atoms. The van der Waals surface area contributed by atoms with Gasteiger partial charge in [0.05, 0.1) is 0 Å². The lowest BCUT2D eigenvalue weighted by molar-refractivity contribution is 0.0690. The first kappa shape index (κ1) is 13.3. The highest BCUT2D eigenvalue weighted by Crippen LogP contribution is 2.12. The quantitative estimate of drug-likeness (QED) is 0.833. The molecule has 0 fully saturated rings. The monoisotopic (exact) mass is 266 g/mol. The number of nitrogens with zero attached hydrogens (tertiary/aromatic N) is 1. The van der Waals surface area contributed by atoms with Crippen LogP contribution in [0.4, 0.5) is 5.69 Å². The van der Waals surface area contributed by atoms with Gasteiger partial charge in [-0.1, -0.05) is 12.0 Å². The van der Waals surface area contributed by atoms with Crippen LogP contribution in [0.3, 0.4) is 0 Å². The van der Waals surface area contributed by atoms with Crippen molar-refractivity contribution in [2.45, 2.75) is 0 Å². The number of terminal acetylenes is 1. The highest BCUT2D eigenvalue weighted by atomic mass is 16.4. The van der Waals surface area contributed by atoms with Crippen molar-refractivity contribution in [1.82, 2.24) is 4.98 Å². The molecule has 0 aliphatic carbocycles. The summed E-state index contributed by atoms with van der Waals surface area (Å²) in [6.45, 7) is 0. The summed E-state index contributed by atoms with van der Waals surface area (Å²) in [5.74, 6) is 0.852. The fourth-order valence-corrected chi connectivity index (χ4v) is 1.58. The van der Waals surface area contributed by atoms with Crippen LogP contribution in [-0.4, -0.2) is 22.0 Å². The minimum atomic E-state index is -1.19. The molecule has 5 nitrogen and oxygen atoms in total. The molecule has 0 saturated carbocycles. The zero-order valence-corrected chi connectivity index (χ0v) is 10.3. The van der Waals surface area contributed by atoms with Gasteiger partial charge in [-0.2, -0.15) is 0 Å². The number of carbonyl (C=O) groups excluding carboxylic acids is 1. The van der Waals surface area contributed by atoms with Crippen LogP contribution in [0.25, 0.3) is 0 Å². The van der Waals surface area contributed by atoms with E-state index in [1.54, 1.807) is 24.3 Å². The average molecular weight is 266 g/mol. The fourth-order valence-electron chi connectivity index (χ4n) is 1.58. The van der Waals surface area contributed by atoms with Crippen molar-refractivity contribution in [2.24, 2.45) is 0 Å². The van der Waals surface area contributed by atoms with E-state index >= 15 is 0 Å². The molecule has 0 aliphatic rings. The summed E-state index contributed by atoms with van der Waals surface area (Å²) in [7, 11) is 0. The van der Waals surface area contributed by atoms with Crippen LogP contribution in [0.5, 0.6) is 0 Å². The zero-order chi connectivity index (χ0) is 14.5. The summed E-state index contributed by atoms with van der Waals surface area (Å²) in [5, 5.41) is 11.5. The van der Waals surface area contributed by atoms with Crippen molar-refractivity contribution in [1.29, 1.82) is 0 Å². The van der Waals surface area contributed by atoms with Gasteiger partial charge >= 0.3 is 5.97 Å². The number of nitrogens with one attached hydrogen (secondary N) is 1. The first-order valence-corrected chi connectivity index (χ1v) is 5.67. The molecule has 2 N–H and O–H groups in total. The smallest absolute Gasteiger partial charge is 0.354 e. The predicted molar refractivity (Wildman–Crippen MR) is 73.5 cm³/mol. The lowest BCUT2D eigenvalue weighted by Crippen LogP contribution is -2.13. The minimum absolute atomic E-state index is 0.185. The summed E-state index contributed by atoms with van der Waals surface area (Å²) in [6, 6.07) is 9.45.